The number of aliphatic hydroxyl groups excluding tert-OH is 1. The first-order chi connectivity index (χ1) is 15.4. The SMILES string of the molecule is CC(C)(O)C#CCn1ccc(C(=O)c2cncnc2N[C@@H]2C[C@H](COS(N)(=O)=O)[C@@H](O)C2)n1. The van der Waals surface area contributed by atoms with Gasteiger partial charge in [-0.2, -0.15) is 13.5 Å². The highest BCUT2D eigenvalue weighted by Gasteiger charge is 2.34. The third kappa shape index (κ3) is 7.31. The molecule has 0 bridgehead atoms. The molecule has 13 heteroatoms. The number of carbonyl (C=O) groups excluding carboxylic acids is 1. The largest absolute Gasteiger partial charge is 0.393 e. The molecular formula is C20H26N6O6S. The van der Waals surface area contributed by atoms with Crippen molar-refractivity contribution in [2.24, 2.45) is 11.1 Å². The first-order valence-corrected chi connectivity index (χ1v) is 11.6. The Balaban J connectivity index is 1.68. The molecule has 0 unspecified atom stereocenters. The predicted octanol–water partition coefficient (Wildman–Crippen LogP) is -0.550. The summed E-state index contributed by atoms with van der Waals surface area (Å²) in [4.78, 5) is 21.1. The molecule has 5 N–H and O–H groups in total. The standard InChI is InChI=1S/C20H26N6O6S/c1-20(2,29)5-3-6-26-7-4-16(25-26)18(28)15-10-22-12-23-19(15)24-14-8-13(17(27)9-14)11-32-33(21,30)31/h4,7,10,12-14,17,27,29H,6,8-9,11H2,1-2H3,(H2,21,30,31)(H,22,23,24)/t13-,14-,17+/m1/s1. The molecule has 0 radical (unpaired) electrons. The molecule has 12 nitrogen and oxygen atoms in total. The number of nitrogens with zero attached hydrogens (tertiary/aromatic N) is 4. The van der Waals surface area contributed by atoms with Gasteiger partial charge < -0.3 is 15.5 Å². The molecule has 1 saturated carbocycles. The normalized spacial score (nSPS) is 20.8. The van der Waals surface area contributed by atoms with Crippen LogP contribution in [0.25, 0.3) is 0 Å². The van der Waals surface area contributed by atoms with E-state index in [9.17, 15) is 23.4 Å². The second-order valence-electron chi connectivity index (χ2n) is 8.29. The Morgan fingerprint density at radius 1 is 1.42 bits per heavy atom. The van der Waals surface area contributed by atoms with Gasteiger partial charge in [0.05, 0.1) is 18.3 Å². The third-order valence-corrected chi connectivity index (χ3v) is 5.37. The van der Waals surface area contributed by atoms with Crippen LogP contribution in [0.4, 0.5) is 5.82 Å². The Morgan fingerprint density at radius 3 is 2.88 bits per heavy atom. The maximum atomic E-state index is 13.0. The monoisotopic (exact) mass is 478 g/mol. The number of hydrogen-bond acceptors (Lipinski definition) is 10. The van der Waals surface area contributed by atoms with Crippen LogP contribution in [-0.4, -0.2) is 68.5 Å². The zero-order valence-electron chi connectivity index (χ0n) is 18.2. The lowest BCUT2D eigenvalue weighted by atomic mass is 10.1. The zero-order valence-corrected chi connectivity index (χ0v) is 19.0. The summed E-state index contributed by atoms with van der Waals surface area (Å²) >= 11 is 0. The van der Waals surface area contributed by atoms with E-state index in [1.807, 2.05) is 0 Å². The number of nitrogens with two attached hydrogens (primary N) is 1. The number of ketones is 1. The molecule has 0 aliphatic heterocycles. The van der Waals surface area contributed by atoms with Crippen LogP contribution in [0.15, 0.2) is 24.8 Å². The predicted molar refractivity (Wildman–Crippen MR) is 117 cm³/mol. The van der Waals surface area contributed by atoms with Crippen molar-refractivity contribution in [2.75, 3.05) is 11.9 Å². The van der Waals surface area contributed by atoms with Gasteiger partial charge >= 0.3 is 10.3 Å². The zero-order chi connectivity index (χ0) is 24.2. The molecule has 0 aromatic carbocycles. The summed E-state index contributed by atoms with van der Waals surface area (Å²) in [6.45, 7) is 3.11. The Labute approximate surface area is 191 Å². The molecule has 0 saturated heterocycles. The maximum absolute atomic E-state index is 13.0. The Hall–Kier alpha value is -2.89. The van der Waals surface area contributed by atoms with Crippen LogP contribution in [0.5, 0.6) is 0 Å². The molecule has 0 spiro atoms. The maximum Gasteiger partial charge on any atom is 0.333 e. The third-order valence-electron chi connectivity index (χ3n) is 4.91. The summed E-state index contributed by atoms with van der Waals surface area (Å²) in [7, 11) is -4.10. The number of hydrogen-bond donors (Lipinski definition) is 4. The lowest BCUT2D eigenvalue weighted by Gasteiger charge is -2.15. The number of aliphatic hydroxyl groups is 2. The quantitative estimate of drug-likeness (QED) is 0.284. The molecular weight excluding hydrogens is 452 g/mol. The second-order valence-corrected chi connectivity index (χ2v) is 9.51. The fourth-order valence-electron chi connectivity index (χ4n) is 3.43. The smallest absolute Gasteiger partial charge is 0.333 e. The number of nitrogens with one attached hydrogen (secondary N) is 1. The fraction of sp³-hybridized carbons (Fsp3) is 0.500. The van der Waals surface area contributed by atoms with Crippen molar-refractivity contribution in [1.29, 1.82) is 0 Å². The van der Waals surface area contributed by atoms with Gasteiger partial charge in [0.2, 0.25) is 5.78 Å². The molecule has 2 heterocycles. The molecule has 3 atom stereocenters. The Morgan fingerprint density at radius 2 is 2.18 bits per heavy atom. The van der Waals surface area contributed by atoms with Gasteiger partial charge in [0.1, 0.15) is 30.0 Å². The first kappa shape index (κ1) is 24.7. The van der Waals surface area contributed by atoms with Crippen molar-refractivity contribution >= 4 is 21.9 Å². The van der Waals surface area contributed by atoms with E-state index in [-0.39, 0.29) is 36.3 Å². The minimum atomic E-state index is -4.10. The molecule has 2 aromatic heterocycles. The van der Waals surface area contributed by atoms with Gasteiger partial charge in [-0.15, -0.1) is 0 Å². The Kier molecular flexibility index (Phi) is 7.45. The van der Waals surface area contributed by atoms with Gasteiger partial charge in [-0.3, -0.25) is 13.7 Å². The van der Waals surface area contributed by atoms with Gasteiger partial charge in [-0.1, -0.05) is 11.8 Å². The molecule has 1 fully saturated rings. The highest BCUT2D eigenvalue weighted by molar-refractivity contribution is 7.84. The van der Waals surface area contributed by atoms with E-state index < -0.39 is 33.7 Å². The summed E-state index contributed by atoms with van der Waals surface area (Å²) in [6, 6.07) is 1.27. The van der Waals surface area contributed by atoms with Crippen LogP contribution in [0, 0.1) is 17.8 Å². The van der Waals surface area contributed by atoms with Crippen LogP contribution in [0.3, 0.4) is 0 Å². The fourth-order valence-corrected chi connectivity index (χ4v) is 3.80. The summed E-state index contributed by atoms with van der Waals surface area (Å²) in [5.41, 5.74) is -0.751. The van der Waals surface area contributed by atoms with E-state index in [1.54, 1.807) is 26.1 Å². The van der Waals surface area contributed by atoms with Gasteiger partial charge in [0.15, 0.2) is 0 Å². The van der Waals surface area contributed by atoms with E-state index in [2.05, 4.69) is 36.4 Å². The topological polar surface area (TPSA) is 183 Å². The summed E-state index contributed by atoms with van der Waals surface area (Å²) in [5.74, 6) is 4.90. The molecule has 178 valence electrons. The number of anilines is 1. The van der Waals surface area contributed by atoms with Crippen molar-refractivity contribution in [3.8, 4) is 11.8 Å². The molecule has 1 aliphatic carbocycles. The van der Waals surface area contributed by atoms with Crippen LogP contribution >= 0.6 is 0 Å². The average Bonchev–Trinajstić information content (AvgIpc) is 3.31. The Bertz CT molecular complexity index is 1160. The van der Waals surface area contributed by atoms with Gasteiger partial charge in [0, 0.05) is 24.4 Å². The minimum absolute atomic E-state index is 0.170. The van der Waals surface area contributed by atoms with Crippen molar-refractivity contribution in [1.82, 2.24) is 19.7 Å². The molecule has 33 heavy (non-hydrogen) atoms. The summed E-state index contributed by atoms with van der Waals surface area (Å²) < 4.78 is 28.1. The van der Waals surface area contributed by atoms with Crippen molar-refractivity contribution in [3.63, 3.8) is 0 Å². The van der Waals surface area contributed by atoms with Gasteiger partial charge in [-0.05, 0) is 32.8 Å². The van der Waals surface area contributed by atoms with E-state index >= 15 is 0 Å². The average molecular weight is 479 g/mol. The van der Waals surface area contributed by atoms with Crippen LogP contribution in [0.1, 0.15) is 42.7 Å². The molecule has 0 amide bonds. The highest BCUT2D eigenvalue weighted by Crippen LogP contribution is 2.29. The number of aromatic nitrogens is 4. The summed E-state index contributed by atoms with van der Waals surface area (Å²) in [5, 5.41) is 32.1. The summed E-state index contributed by atoms with van der Waals surface area (Å²) in [6.07, 6.45) is 4.17. The van der Waals surface area contributed by atoms with Crippen molar-refractivity contribution in [2.45, 2.75) is 51.0 Å². The van der Waals surface area contributed by atoms with Gasteiger partial charge in [0.25, 0.3) is 0 Å². The molecule has 1 aliphatic rings. The van der Waals surface area contributed by atoms with Crippen molar-refractivity contribution in [3.05, 3.63) is 36.0 Å². The minimum Gasteiger partial charge on any atom is -0.393 e. The van der Waals surface area contributed by atoms with Crippen LogP contribution in [0.2, 0.25) is 0 Å². The second kappa shape index (κ2) is 9.94. The lowest BCUT2D eigenvalue weighted by Crippen LogP contribution is -2.24. The number of rotatable bonds is 8. The highest BCUT2D eigenvalue weighted by atomic mass is 32.2. The van der Waals surface area contributed by atoms with E-state index in [0.717, 1.165) is 0 Å². The van der Waals surface area contributed by atoms with Gasteiger partial charge in [-0.25, -0.2) is 15.1 Å². The van der Waals surface area contributed by atoms with Crippen LogP contribution in [-0.2, 0) is 21.0 Å². The molecule has 3 rings (SSSR count). The first-order valence-electron chi connectivity index (χ1n) is 10.1. The van der Waals surface area contributed by atoms with E-state index in [1.165, 1.54) is 17.2 Å². The van der Waals surface area contributed by atoms with E-state index in [0.29, 0.717) is 12.8 Å². The number of carbonyl (C=O) groups is 1. The van der Waals surface area contributed by atoms with E-state index in [4.69, 9.17) is 5.14 Å². The van der Waals surface area contributed by atoms with Crippen molar-refractivity contribution < 1.29 is 27.6 Å². The molecule has 2 aromatic rings. The lowest BCUT2D eigenvalue weighted by molar-refractivity contribution is 0.101. The van der Waals surface area contributed by atoms with Crippen LogP contribution < -0.4 is 10.5 Å².